The van der Waals surface area contributed by atoms with Crippen molar-refractivity contribution in [1.82, 2.24) is 0 Å². The van der Waals surface area contributed by atoms with Crippen LogP contribution in [0.3, 0.4) is 0 Å². The number of hydrogen-bond donors (Lipinski definition) is 0. The first-order valence-electron chi connectivity index (χ1n) is 19.3. The summed E-state index contributed by atoms with van der Waals surface area (Å²) in [6, 6.07) is 45.5. The van der Waals surface area contributed by atoms with Gasteiger partial charge < -0.3 is 4.42 Å². The van der Waals surface area contributed by atoms with Crippen molar-refractivity contribution < 1.29 is 4.42 Å². The second-order valence-electron chi connectivity index (χ2n) is 15.3. The minimum atomic E-state index is 0.156. The van der Waals surface area contributed by atoms with E-state index in [4.69, 9.17) is 67.2 Å². The molecular weight excluding hydrogens is 703 g/mol. The Balaban J connectivity index is 1.34. The molecule has 16 radical (unpaired) electrons. The van der Waals surface area contributed by atoms with Crippen molar-refractivity contribution in [2.45, 2.75) is 0 Å². The molecule has 252 valence electrons. The van der Waals surface area contributed by atoms with Gasteiger partial charge in [0.05, 0.1) is 0 Å². The zero-order valence-electron chi connectivity index (χ0n) is 31.7. The Morgan fingerprint density at radius 3 is 1.42 bits per heavy atom. The molecule has 1 nitrogen and oxygen atoms in total. The van der Waals surface area contributed by atoms with Crippen LogP contribution in [-0.4, -0.2) is 62.8 Å². The van der Waals surface area contributed by atoms with E-state index >= 15 is 0 Å². The van der Waals surface area contributed by atoms with Crippen LogP contribution in [0.4, 0.5) is 0 Å². The molecule has 1 heterocycles. The van der Waals surface area contributed by atoms with Crippen molar-refractivity contribution >= 4 is 182 Å². The maximum Gasteiger partial charge on any atom is 0.143 e. The molecule has 10 aromatic carbocycles. The predicted molar refractivity (Wildman–Crippen MR) is 261 cm³/mol. The van der Waals surface area contributed by atoms with E-state index in [1.165, 1.54) is 0 Å². The maximum atomic E-state index is 7.18. The molecule has 1 aromatic heterocycles. The molecule has 0 aliphatic rings. The number of benzene rings is 10. The fraction of sp³-hybridized carbons (Fsp3) is 0. The summed E-state index contributed by atoms with van der Waals surface area (Å²) in [7, 11) is 55.7. The summed E-state index contributed by atoms with van der Waals surface area (Å²) in [4.78, 5) is 0. The normalized spacial score (nSPS) is 11.9. The van der Waals surface area contributed by atoms with Gasteiger partial charge in [-0.3, -0.25) is 0 Å². The molecule has 0 saturated carbocycles. The number of rotatable bonds is 3. The zero-order valence-corrected chi connectivity index (χ0v) is 31.7. The van der Waals surface area contributed by atoms with Crippen LogP contribution in [0.5, 0.6) is 0 Å². The fourth-order valence-corrected chi connectivity index (χ4v) is 9.37. The average molecular weight is 725 g/mol. The van der Waals surface area contributed by atoms with Crippen molar-refractivity contribution in [3.63, 3.8) is 0 Å². The Labute approximate surface area is 351 Å². The van der Waals surface area contributed by atoms with Gasteiger partial charge in [-0.2, -0.15) is 0 Å². The maximum absolute atomic E-state index is 7.18. The quantitative estimate of drug-likeness (QED) is 0.190. The summed E-state index contributed by atoms with van der Waals surface area (Å²) >= 11 is 0. The lowest BCUT2D eigenvalue weighted by Gasteiger charge is -2.29. The van der Waals surface area contributed by atoms with E-state index in [9.17, 15) is 0 Å². The molecule has 11 aromatic rings. The SMILES string of the molecule is [B]c1c([B])c([B])c2c(-c3cccc4oc5c6ccccc6ccc5c34)c3c([B])c([B])c([B])c([B])c3c(-c3ccc(-c4ccc5ccccc5c4)c4ccccc34)c2c1[B]. The van der Waals surface area contributed by atoms with E-state index in [1.54, 1.807) is 0 Å². The van der Waals surface area contributed by atoms with Gasteiger partial charge in [-0.05, 0) is 100 Å². The lowest BCUT2D eigenvalue weighted by molar-refractivity contribution is 0.673. The van der Waals surface area contributed by atoms with Crippen LogP contribution in [0.2, 0.25) is 0 Å². The fourth-order valence-electron chi connectivity index (χ4n) is 9.37. The summed E-state index contributed by atoms with van der Waals surface area (Å²) in [5, 5.41) is 10.3. The molecule has 0 atom stereocenters. The standard InChI is InChI=1S/C50H22B8O/c51-42-38-36(31-21-20-27(29-12-5-6-13-30(29)31)26-17-16-23-8-1-2-10-25(23)22-26)39-41(45(54)49(58)47(56)43(39)52)37(40(38)44(53)48(57)46(42)55)32-14-7-15-34-35(32)33-19-18-24-9-3-4-11-28(24)50(33)59-34/h1-22H. The van der Waals surface area contributed by atoms with Gasteiger partial charge in [0.25, 0.3) is 0 Å². The zero-order chi connectivity index (χ0) is 40.4. The Kier molecular flexibility index (Phi) is 8.02. The minimum Gasteiger partial charge on any atom is -0.455 e. The molecule has 0 aliphatic carbocycles. The predicted octanol–water partition coefficient (Wildman–Crippen LogP) is 4.70. The topological polar surface area (TPSA) is 13.1 Å². The summed E-state index contributed by atoms with van der Waals surface area (Å²) in [5.74, 6) is 0. The molecule has 0 unspecified atom stereocenters. The lowest BCUT2D eigenvalue weighted by atomic mass is 9.59. The molecule has 0 bridgehead atoms. The highest BCUT2D eigenvalue weighted by atomic mass is 16.3. The van der Waals surface area contributed by atoms with Crippen molar-refractivity contribution in [3.8, 4) is 33.4 Å². The van der Waals surface area contributed by atoms with E-state index in [1.807, 2.05) is 54.6 Å². The smallest absolute Gasteiger partial charge is 0.143 e. The summed E-state index contributed by atoms with van der Waals surface area (Å²) < 4.78 is 6.66. The number of fused-ring (bicyclic) bond motifs is 9. The molecule has 0 aliphatic heterocycles. The molecule has 0 fully saturated rings. The van der Waals surface area contributed by atoms with Gasteiger partial charge in [-0.15, -0.1) is 21.9 Å². The minimum absolute atomic E-state index is 0.156. The molecule has 0 N–H and O–H groups in total. The summed E-state index contributed by atoms with van der Waals surface area (Å²) in [5.41, 5.74) is 8.02. The highest BCUT2D eigenvalue weighted by Gasteiger charge is 2.27. The summed E-state index contributed by atoms with van der Waals surface area (Å²) in [6.45, 7) is 0. The third-order valence-corrected chi connectivity index (χ3v) is 12.2. The first kappa shape index (κ1) is 35.9. The number of furan rings is 1. The number of hydrogen-bond acceptors (Lipinski definition) is 1. The highest BCUT2D eigenvalue weighted by Crippen LogP contribution is 2.47. The van der Waals surface area contributed by atoms with Crippen LogP contribution >= 0.6 is 0 Å². The monoisotopic (exact) mass is 726 g/mol. The molecule has 0 amide bonds. The van der Waals surface area contributed by atoms with Gasteiger partial charge in [0.2, 0.25) is 0 Å². The van der Waals surface area contributed by atoms with Crippen LogP contribution in [-0.2, 0) is 0 Å². The van der Waals surface area contributed by atoms with Crippen LogP contribution in [0, 0.1) is 0 Å². The van der Waals surface area contributed by atoms with E-state index < -0.39 is 0 Å². The third-order valence-electron chi connectivity index (χ3n) is 12.2. The average Bonchev–Trinajstić information content (AvgIpc) is 3.67. The van der Waals surface area contributed by atoms with Crippen LogP contribution in [0.25, 0.3) is 109 Å². The van der Waals surface area contributed by atoms with Gasteiger partial charge in [0.1, 0.15) is 73.9 Å². The summed E-state index contributed by atoms with van der Waals surface area (Å²) in [6.07, 6.45) is 0. The van der Waals surface area contributed by atoms with E-state index in [0.29, 0.717) is 38.3 Å². The van der Waals surface area contributed by atoms with Crippen molar-refractivity contribution in [2.75, 3.05) is 0 Å². The third kappa shape index (κ3) is 5.04. The van der Waals surface area contributed by atoms with E-state index in [0.717, 1.165) is 70.9 Å². The van der Waals surface area contributed by atoms with Crippen molar-refractivity contribution in [1.29, 1.82) is 0 Å². The van der Waals surface area contributed by atoms with Crippen LogP contribution < -0.4 is 43.7 Å². The Hall–Kier alpha value is -6.18. The Bertz CT molecular complexity index is 3580. The van der Waals surface area contributed by atoms with Gasteiger partial charge in [-0.25, -0.2) is 0 Å². The van der Waals surface area contributed by atoms with Crippen molar-refractivity contribution in [3.05, 3.63) is 133 Å². The molecule has 9 heteroatoms. The van der Waals surface area contributed by atoms with Gasteiger partial charge in [0, 0.05) is 16.2 Å². The Morgan fingerprint density at radius 2 is 0.797 bits per heavy atom. The molecule has 0 spiro atoms. The highest BCUT2D eigenvalue weighted by molar-refractivity contribution is 6.71. The lowest BCUT2D eigenvalue weighted by Crippen LogP contribution is -2.50. The Morgan fingerprint density at radius 1 is 0.305 bits per heavy atom. The van der Waals surface area contributed by atoms with Gasteiger partial charge in [-0.1, -0.05) is 137 Å². The molecular formula is C50H22B8O. The molecule has 59 heavy (non-hydrogen) atoms. The molecule has 11 rings (SSSR count). The van der Waals surface area contributed by atoms with Crippen LogP contribution in [0.15, 0.2) is 138 Å². The first-order chi connectivity index (χ1) is 28.6. The van der Waals surface area contributed by atoms with Gasteiger partial charge in [0.15, 0.2) is 0 Å². The second kappa shape index (κ2) is 13.2. The van der Waals surface area contributed by atoms with Gasteiger partial charge >= 0.3 is 0 Å². The first-order valence-corrected chi connectivity index (χ1v) is 19.3. The van der Waals surface area contributed by atoms with Crippen molar-refractivity contribution in [2.24, 2.45) is 0 Å². The second-order valence-corrected chi connectivity index (χ2v) is 15.3. The molecule has 0 saturated heterocycles. The van der Waals surface area contributed by atoms with E-state index in [2.05, 4.69) is 78.9 Å². The largest absolute Gasteiger partial charge is 0.455 e. The van der Waals surface area contributed by atoms with E-state index in [-0.39, 0.29) is 43.7 Å². The van der Waals surface area contributed by atoms with Crippen LogP contribution in [0.1, 0.15) is 0 Å².